The maximum atomic E-state index is 12.8. The van der Waals surface area contributed by atoms with Gasteiger partial charge in [-0.2, -0.15) is 0 Å². The summed E-state index contributed by atoms with van der Waals surface area (Å²) in [5.41, 5.74) is -0.822. The molecule has 0 unspecified atom stereocenters. The zero-order valence-electron chi connectivity index (χ0n) is 14.0. The van der Waals surface area contributed by atoms with Gasteiger partial charge in [-0.15, -0.1) is 0 Å². The van der Waals surface area contributed by atoms with Gasteiger partial charge < -0.3 is 14.7 Å². The number of carbonyl (C=O) groups is 2. The average molecular weight is 394 g/mol. The van der Waals surface area contributed by atoms with E-state index in [0.29, 0.717) is 27.0 Å². The number of Topliss-reactive ketones (excluding diaryl/α,β-unsaturated/α-hetero) is 1. The summed E-state index contributed by atoms with van der Waals surface area (Å²) < 4.78 is 5.63. The van der Waals surface area contributed by atoms with E-state index in [4.69, 9.17) is 27.9 Å². The number of halogens is 2. The summed E-state index contributed by atoms with van der Waals surface area (Å²) >= 11 is 11.9. The molecule has 1 N–H and O–H groups in total. The first kappa shape index (κ1) is 18.7. The molecular weight excluding hydrogens is 377 g/mol. The molecule has 136 valence electrons. The lowest BCUT2D eigenvalue weighted by molar-refractivity contribution is -0.141. The van der Waals surface area contributed by atoms with Crippen molar-refractivity contribution in [1.29, 1.82) is 0 Å². The minimum atomic E-state index is -1.83. The Kier molecular flexibility index (Phi) is 5.23. The second-order valence-corrected chi connectivity index (χ2v) is 6.98. The molecule has 0 aromatic heterocycles. The number of para-hydroxylation sites is 1. The summed E-state index contributed by atoms with van der Waals surface area (Å²) in [4.78, 5) is 25.8. The van der Waals surface area contributed by atoms with E-state index in [1.54, 1.807) is 42.5 Å². The van der Waals surface area contributed by atoms with E-state index >= 15 is 0 Å². The number of fused-ring (bicyclic) bond motifs is 1. The maximum absolute atomic E-state index is 12.8. The Bertz CT molecular complexity index is 870. The zero-order chi connectivity index (χ0) is 18.9. The molecule has 0 spiro atoms. The van der Waals surface area contributed by atoms with E-state index in [1.165, 1.54) is 11.8 Å². The van der Waals surface area contributed by atoms with Gasteiger partial charge in [-0.05, 0) is 31.2 Å². The van der Waals surface area contributed by atoms with Crippen LogP contribution in [0, 0.1) is 0 Å². The van der Waals surface area contributed by atoms with E-state index in [-0.39, 0.29) is 25.4 Å². The molecule has 0 saturated heterocycles. The smallest absolute Gasteiger partial charge is 0.264 e. The first-order chi connectivity index (χ1) is 12.3. The molecule has 0 bridgehead atoms. The van der Waals surface area contributed by atoms with Gasteiger partial charge >= 0.3 is 0 Å². The predicted octanol–water partition coefficient (Wildman–Crippen LogP) is 3.59. The molecule has 0 aliphatic carbocycles. The molecular formula is C19H17Cl2NO4. The number of hydrogen-bond acceptors (Lipinski definition) is 4. The number of hydrogen-bond donors (Lipinski definition) is 1. The number of amides is 1. The summed E-state index contributed by atoms with van der Waals surface area (Å²) in [5.74, 6) is -0.337. The van der Waals surface area contributed by atoms with Gasteiger partial charge in [-0.25, -0.2) is 0 Å². The zero-order valence-corrected chi connectivity index (χ0v) is 15.5. The molecule has 7 heteroatoms. The first-order valence-corrected chi connectivity index (χ1v) is 8.79. The van der Waals surface area contributed by atoms with Crippen LogP contribution >= 0.6 is 23.2 Å². The minimum absolute atomic E-state index is 0.164. The molecule has 0 saturated carbocycles. The van der Waals surface area contributed by atoms with Crippen molar-refractivity contribution in [3.63, 3.8) is 0 Å². The highest BCUT2D eigenvalue weighted by atomic mass is 35.5. The molecule has 0 fully saturated rings. The van der Waals surface area contributed by atoms with Crippen LogP contribution in [-0.4, -0.2) is 29.9 Å². The third-order valence-corrected chi connectivity index (χ3v) is 4.74. The fraction of sp³-hybridized carbons (Fsp3) is 0.263. The Morgan fingerprint density at radius 1 is 1.23 bits per heavy atom. The standard InChI is InChI=1S/C19H17Cl2NO4/c1-12(23)11-19(25)14-4-2-3-5-16(14)22(18(19)24)8-9-26-17-7-6-13(20)10-15(17)21/h2-7,10,25H,8-9,11H2,1H3/t19-/m0/s1. The Morgan fingerprint density at radius 3 is 2.65 bits per heavy atom. The van der Waals surface area contributed by atoms with E-state index in [2.05, 4.69) is 0 Å². The number of ether oxygens (including phenoxy) is 1. The fourth-order valence-corrected chi connectivity index (χ4v) is 3.56. The van der Waals surface area contributed by atoms with Crippen LogP contribution in [0.3, 0.4) is 0 Å². The van der Waals surface area contributed by atoms with Crippen LogP contribution in [0.2, 0.25) is 10.0 Å². The molecule has 26 heavy (non-hydrogen) atoms. The average Bonchev–Trinajstić information content (AvgIpc) is 2.78. The quantitative estimate of drug-likeness (QED) is 0.814. The van der Waals surface area contributed by atoms with Gasteiger partial charge in [0.1, 0.15) is 18.1 Å². The molecule has 0 radical (unpaired) electrons. The second kappa shape index (κ2) is 7.27. The molecule has 2 aromatic carbocycles. The number of benzene rings is 2. The van der Waals surface area contributed by atoms with E-state index < -0.39 is 11.5 Å². The van der Waals surface area contributed by atoms with Crippen LogP contribution in [0.15, 0.2) is 42.5 Å². The van der Waals surface area contributed by atoms with Crippen molar-refractivity contribution < 1.29 is 19.4 Å². The summed E-state index contributed by atoms with van der Waals surface area (Å²) in [6.45, 7) is 1.72. The lowest BCUT2D eigenvalue weighted by atomic mass is 9.90. The van der Waals surface area contributed by atoms with Crippen molar-refractivity contribution >= 4 is 40.6 Å². The summed E-state index contributed by atoms with van der Waals surface area (Å²) in [6.07, 6.45) is -0.261. The monoisotopic (exact) mass is 393 g/mol. The topological polar surface area (TPSA) is 66.8 Å². The summed E-state index contributed by atoms with van der Waals surface area (Å²) in [7, 11) is 0. The highest BCUT2D eigenvalue weighted by Gasteiger charge is 2.50. The van der Waals surface area contributed by atoms with Crippen LogP contribution < -0.4 is 9.64 Å². The van der Waals surface area contributed by atoms with Crippen LogP contribution in [0.5, 0.6) is 5.75 Å². The van der Waals surface area contributed by atoms with Crippen molar-refractivity contribution in [2.75, 3.05) is 18.1 Å². The molecule has 1 heterocycles. The highest BCUT2D eigenvalue weighted by Crippen LogP contribution is 2.42. The van der Waals surface area contributed by atoms with Crippen molar-refractivity contribution in [2.24, 2.45) is 0 Å². The summed E-state index contributed by atoms with van der Waals surface area (Å²) in [6, 6.07) is 11.8. The van der Waals surface area contributed by atoms with E-state index in [1.807, 2.05) is 0 Å². The highest BCUT2D eigenvalue weighted by molar-refractivity contribution is 6.35. The van der Waals surface area contributed by atoms with Gasteiger partial charge in [0.05, 0.1) is 17.3 Å². The number of nitrogens with zero attached hydrogens (tertiary/aromatic N) is 1. The Hall–Kier alpha value is -2.08. The normalized spacial score (nSPS) is 18.8. The third kappa shape index (κ3) is 3.43. The van der Waals surface area contributed by atoms with Gasteiger partial charge in [-0.3, -0.25) is 9.59 Å². The molecule has 2 aromatic rings. The second-order valence-electron chi connectivity index (χ2n) is 6.14. The van der Waals surface area contributed by atoms with E-state index in [9.17, 15) is 14.7 Å². The number of anilines is 1. The van der Waals surface area contributed by atoms with Gasteiger partial charge in [0, 0.05) is 17.0 Å². The minimum Gasteiger partial charge on any atom is -0.490 e. The Balaban J connectivity index is 1.78. The molecule has 1 atom stereocenters. The third-order valence-electron chi connectivity index (χ3n) is 4.21. The maximum Gasteiger partial charge on any atom is 0.264 e. The Morgan fingerprint density at radius 2 is 1.96 bits per heavy atom. The number of rotatable bonds is 6. The molecule has 3 rings (SSSR count). The van der Waals surface area contributed by atoms with Crippen molar-refractivity contribution in [2.45, 2.75) is 18.9 Å². The lowest BCUT2D eigenvalue weighted by Crippen LogP contribution is -2.43. The molecule has 1 amide bonds. The van der Waals surface area contributed by atoms with Crippen molar-refractivity contribution in [3.05, 3.63) is 58.1 Å². The van der Waals surface area contributed by atoms with Crippen LogP contribution in [-0.2, 0) is 15.2 Å². The number of ketones is 1. The van der Waals surface area contributed by atoms with Crippen molar-refractivity contribution in [3.8, 4) is 5.75 Å². The van der Waals surface area contributed by atoms with Crippen molar-refractivity contribution in [1.82, 2.24) is 0 Å². The number of aliphatic hydroxyl groups is 1. The first-order valence-electron chi connectivity index (χ1n) is 8.04. The SMILES string of the molecule is CC(=O)C[C@@]1(O)C(=O)N(CCOc2ccc(Cl)cc2Cl)c2ccccc21. The Labute approximate surface area is 161 Å². The molecule has 5 nitrogen and oxygen atoms in total. The van der Waals surface area contributed by atoms with Crippen LogP contribution in [0.1, 0.15) is 18.9 Å². The van der Waals surface area contributed by atoms with Gasteiger partial charge in [-0.1, -0.05) is 41.4 Å². The largest absolute Gasteiger partial charge is 0.490 e. The fourth-order valence-electron chi connectivity index (χ4n) is 3.10. The lowest BCUT2D eigenvalue weighted by Gasteiger charge is -2.22. The predicted molar refractivity (Wildman–Crippen MR) is 99.9 cm³/mol. The molecule has 1 aliphatic heterocycles. The van der Waals surface area contributed by atoms with Gasteiger partial charge in [0.2, 0.25) is 0 Å². The van der Waals surface area contributed by atoms with Gasteiger partial charge in [0.15, 0.2) is 5.60 Å². The van der Waals surface area contributed by atoms with Crippen LogP contribution in [0.25, 0.3) is 0 Å². The van der Waals surface area contributed by atoms with Gasteiger partial charge in [0.25, 0.3) is 5.91 Å². The summed E-state index contributed by atoms with van der Waals surface area (Å²) in [5, 5.41) is 11.7. The number of carbonyl (C=O) groups excluding carboxylic acids is 2. The molecule has 1 aliphatic rings. The van der Waals surface area contributed by atoms with Crippen LogP contribution in [0.4, 0.5) is 5.69 Å². The van der Waals surface area contributed by atoms with E-state index in [0.717, 1.165) is 0 Å².